The van der Waals surface area contributed by atoms with Crippen molar-refractivity contribution in [3.63, 3.8) is 0 Å². The zero-order valence-electron chi connectivity index (χ0n) is 12.4. The van der Waals surface area contributed by atoms with Crippen LogP contribution in [0.3, 0.4) is 0 Å². The molecule has 1 aliphatic carbocycles. The summed E-state index contributed by atoms with van der Waals surface area (Å²) in [6.45, 7) is 0. The second-order valence-electron chi connectivity index (χ2n) is 5.50. The van der Waals surface area contributed by atoms with Crippen molar-refractivity contribution < 1.29 is 14.7 Å². The van der Waals surface area contributed by atoms with Crippen LogP contribution in [0.1, 0.15) is 19.3 Å². The third-order valence-corrected chi connectivity index (χ3v) is 3.74. The van der Waals surface area contributed by atoms with E-state index in [9.17, 15) is 14.7 Å². The third-order valence-electron chi connectivity index (χ3n) is 3.74. The van der Waals surface area contributed by atoms with Crippen LogP contribution in [-0.2, 0) is 9.59 Å². The smallest absolute Gasteiger partial charge is 0.262 e. The molecule has 1 N–H and O–H groups in total. The monoisotopic (exact) mass is 279 g/mol. The van der Waals surface area contributed by atoms with Crippen molar-refractivity contribution >= 4 is 11.8 Å². The van der Waals surface area contributed by atoms with Crippen LogP contribution in [0.4, 0.5) is 0 Å². The molecule has 1 saturated carbocycles. The van der Waals surface area contributed by atoms with Gasteiger partial charge in [-0.25, -0.2) is 0 Å². The summed E-state index contributed by atoms with van der Waals surface area (Å²) in [5, 5.41) is 9.82. The molecule has 1 saturated heterocycles. The van der Waals surface area contributed by atoms with Gasteiger partial charge in [-0.15, -0.1) is 0 Å². The fourth-order valence-electron chi connectivity index (χ4n) is 2.68. The molecule has 6 heteroatoms. The van der Waals surface area contributed by atoms with E-state index in [1.165, 1.54) is 23.9 Å². The molecule has 0 aromatic heterocycles. The van der Waals surface area contributed by atoms with Crippen molar-refractivity contribution in [2.45, 2.75) is 25.6 Å². The number of aliphatic hydroxyl groups is 1. The molecule has 0 aromatic rings. The Kier molecular flexibility index (Phi) is 3.85. The van der Waals surface area contributed by atoms with Crippen molar-refractivity contribution in [2.24, 2.45) is 0 Å². The first kappa shape index (κ1) is 14.6. The number of rotatable bonds is 1. The molecule has 2 rings (SSSR count). The van der Waals surface area contributed by atoms with E-state index >= 15 is 0 Å². The molecule has 6 nitrogen and oxygen atoms in total. The fourth-order valence-corrected chi connectivity index (χ4v) is 2.68. The SMILES string of the molecule is CN(C)C=C1CCCC1=C1C(=O)N(C)C(O)N(C)C1=O. The molecule has 0 bridgehead atoms. The van der Waals surface area contributed by atoms with E-state index in [1.54, 1.807) is 0 Å². The Balaban J connectivity index is 2.50. The highest BCUT2D eigenvalue weighted by molar-refractivity contribution is 6.20. The van der Waals surface area contributed by atoms with Gasteiger partial charge in [-0.3, -0.25) is 19.4 Å². The first-order valence-electron chi connectivity index (χ1n) is 6.67. The molecule has 0 aromatic carbocycles. The summed E-state index contributed by atoms with van der Waals surface area (Å²) in [7, 11) is 6.84. The summed E-state index contributed by atoms with van der Waals surface area (Å²) in [6, 6.07) is 0. The van der Waals surface area contributed by atoms with Gasteiger partial charge in [0.25, 0.3) is 11.8 Å². The van der Waals surface area contributed by atoms with E-state index in [0.717, 1.165) is 30.4 Å². The zero-order chi connectivity index (χ0) is 15.0. The summed E-state index contributed by atoms with van der Waals surface area (Å²) in [5.74, 6) is -0.802. The van der Waals surface area contributed by atoms with Crippen molar-refractivity contribution in [2.75, 3.05) is 28.2 Å². The highest BCUT2D eigenvalue weighted by Gasteiger charge is 2.40. The van der Waals surface area contributed by atoms with Crippen molar-refractivity contribution in [3.05, 3.63) is 22.9 Å². The molecule has 1 aliphatic heterocycles. The molecule has 0 spiro atoms. The van der Waals surface area contributed by atoms with Gasteiger partial charge in [-0.1, -0.05) is 0 Å². The van der Waals surface area contributed by atoms with Crippen LogP contribution < -0.4 is 0 Å². The van der Waals surface area contributed by atoms with Crippen molar-refractivity contribution in [1.82, 2.24) is 14.7 Å². The molecule has 2 fully saturated rings. The van der Waals surface area contributed by atoms with Crippen LogP contribution in [0.15, 0.2) is 22.9 Å². The lowest BCUT2D eigenvalue weighted by atomic mass is 9.99. The van der Waals surface area contributed by atoms with E-state index in [4.69, 9.17) is 0 Å². The minimum atomic E-state index is -1.19. The number of carbonyl (C=O) groups is 2. The lowest BCUT2D eigenvalue weighted by Crippen LogP contribution is -2.57. The van der Waals surface area contributed by atoms with E-state index in [-0.39, 0.29) is 5.57 Å². The van der Waals surface area contributed by atoms with Gasteiger partial charge in [-0.2, -0.15) is 0 Å². The summed E-state index contributed by atoms with van der Waals surface area (Å²) in [6.07, 6.45) is 3.30. The molecule has 2 amide bonds. The van der Waals surface area contributed by atoms with Gasteiger partial charge in [0.05, 0.1) is 0 Å². The number of carbonyl (C=O) groups excluding carboxylic acids is 2. The lowest BCUT2D eigenvalue weighted by molar-refractivity contribution is -0.167. The van der Waals surface area contributed by atoms with E-state index in [0.29, 0.717) is 0 Å². The van der Waals surface area contributed by atoms with Crippen molar-refractivity contribution in [3.8, 4) is 0 Å². The molecule has 0 unspecified atom stereocenters. The van der Waals surface area contributed by atoms with Gasteiger partial charge in [0.1, 0.15) is 5.57 Å². The number of hydrogen-bond acceptors (Lipinski definition) is 4. The Bertz CT molecular complexity index is 484. The summed E-state index contributed by atoms with van der Waals surface area (Å²) in [4.78, 5) is 29.0. The normalized spacial score (nSPS) is 26.1. The predicted octanol–water partition coefficient (Wildman–Crippen LogP) is 0.119. The second kappa shape index (κ2) is 5.28. The topological polar surface area (TPSA) is 64.1 Å². The summed E-state index contributed by atoms with van der Waals surface area (Å²) in [5.41, 5.74) is 2.05. The van der Waals surface area contributed by atoms with Gasteiger partial charge in [-0.05, 0) is 30.4 Å². The van der Waals surface area contributed by atoms with Crippen LogP contribution in [0.2, 0.25) is 0 Å². The average Bonchev–Trinajstić information content (AvgIpc) is 2.82. The molecule has 0 atom stereocenters. The molecule has 0 radical (unpaired) electrons. The maximum Gasteiger partial charge on any atom is 0.262 e. The van der Waals surface area contributed by atoms with Gasteiger partial charge < -0.3 is 10.0 Å². The Morgan fingerprint density at radius 2 is 1.70 bits per heavy atom. The number of likely N-dealkylation sites (N-methyl/N-ethyl adjacent to an activating group) is 2. The number of aliphatic hydroxyl groups excluding tert-OH is 1. The Hall–Kier alpha value is -1.82. The number of amides is 2. The van der Waals surface area contributed by atoms with Crippen LogP contribution >= 0.6 is 0 Å². The molecule has 1 heterocycles. The van der Waals surface area contributed by atoms with Gasteiger partial charge >= 0.3 is 0 Å². The molecule has 2 aliphatic rings. The number of hydrogen-bond donors (Lipinski definition) is 1. The first-order chi connectivity index (χ1) is 9.34. The average molecular weight is 279 g/mol. The first-order valence-corrected chi connectivity index (χ1v) is 6.67. The molecule has 20 heavy (non-hydrogen) atoms. The van der Waals surface area contributed by atoms with Crippen LogP contribution in [0.25, 0.3) is 0 Å². The van der Waals surface area contributed by atoms with E-state index in [1.807, 2.05) is 25.2 Å². The standard InChI is InChI=1S/C14H21N3O3/c1-15(2)8-9-6-5-7-10(9)11-12(18)16(3)14(20)17(4)13(11)19/h8,14,20H,5-7H2,1-4H3. The Morgan fingerprint density at radius 1 is 1.15 bits per heavy atom. The highest BCUT2D eigenvalue weighted by Crippen LogP contribution is 2.35. The van der Waals surface area contributed by atoms with Gasteiger partial charge in [0, 0.05) is 34.4 Å². The highest BCUT2D eigenvalue weighted by atomic mass is 16.3. The lowest BCUT2D eigenvalue weighted by Gasteiger charge is -2.37. The quantitative estimate of drug-likeness (QED) is 0.547. The maximum atomic E-state index is 12.3. The van der Waals surface area contributed by atoms with Gasteiger partial charge in [0.15, 0.2) is 0 Å². The number of nitrogens with zero attached hydrogens (tertiary/aromatic N) is 3. The van der Waals surface area contributed by atoms with Crippen molar-refractivity contribution in [1.29, 1.82) is 0 Å². The molecule has 110 valence electrons. The minimum Gasteiger partial charge on any atom is -0.383 e. The zero-order valence-corrected chi connectivity index (χ0v) is 12.4. The minimum absolute atomic E-state index is 0.200. The van der Waals surface area contributed by atoms with Crippen LogP contribution in [0, 0.1) is 0 Å². The summed E-state index contributed by atoms with van der Waals surface area (Å²) >= 11 is 0. The fraction of sp³-hybridized carbons (Fsp3) is 0.571. The largest absolute Gasteiger partial charge is 0.383 e. The Labute approximate surface area is 118 Å². The number of allylic oxidation sites excluding steroid dienone is 2. The maximum absolute atomic E-state index is 12.3. The Morgan fingerprint density at radius 3 is 2.20 bits per heavy atom. The summed E-state index contributed by atoms with van der Waals surface area (Å²) < 4.78 is 0. The second-order valence-corrected chi connectivity index (χ2v) is 5.50. The van der Waals surface area contributed by atoms with Gasteiger partial charge in [0.2, 0.25) is 6.35 Å². The van der Waals surface area contributed by atoms with E-state index in [2.05, 4.69) is 0 Å². The predicted molar refractivity (Wildman–Crippen MR) is 74.2 cm³/mol. The van der Waals surface area contributed by atoms with Crippen LogP contribution in [-0.4, -0.2) is 66.2 Å². The molecular formula is C14H21N3O3. The van der Waals surface area contributed by atoms with Crippen LogP contribution in [0.5, 0.6) is 0 Å². The van der Waals surface area contributed by atoms with E-state index < -0.39 is 18.2 Å². The molecular weight excluding hydrogens is 258 g/mol. The third kappa shape index (κ3) is 2.31.